The van der Waals surface area contributed by atoms with E-state index in [9.17, 15) is 19.5 Å². The number of aldehydes is 1. The summed E-state index contributed by atoms with van der Waals surface area (Å²) in [5, 5.41) is 10.0. The molecule has 1 saturated carbocycles. The Bertz CT molecular complexity index is 657. The van der Waals surface area contributed by atoms with Gasteiger partial charge in [0.15, 0.2) is 0 Å². The minimum Gasteiger partial charge on any atom is -0.481 e. The van der Waals surface area contributed by atoms with E-state index in [1.165, 1.54) is 5.57 Å². The van der Waals surface area contributed by atoms with E-state index in [-0.39, 0.29) is 30.0 Å². The Morgan fingerprint density at radius 1 is 1.29 bits per heavy atom. The smallest absolute Gasteiger partial charge is 0.313 e. The van der Waals surface area contributed by atoms with Crippen LogP contribution in [0.3, 0.4) is 0 Å². The van der Waals surface area contributed by atoms with Crippen LogP contribution in [0, 0.1) is 28.6 Å². The summed E-state index contributed by atoms with van der Waals surface area (Å²) in [5.74, 6) is -0.969. The molecule has 0 bridgehead atoms. The van der Waals surface area contributed by atoms with Gasteiger partial charge in [0.1, 0.15) is 12.1 Å². The van der Waals surface area contributed by atoms with Gasteiger partial charge in [-0.25, -0.2) is 0 Å². The van der Waals surface area contributed by atoms with Crippen LogP contribution in [-0.4, -0.2) is 23.1 Å². The van der Waals surface area contributed by atoms with Crippen LogP contribution in [0.15, 0.2) is 23.3 Å². The zero-order valence-corrected chi connectivity index (χ0v) is 14.7. The third-order valence-corrected chi connectivity index (χ3v) is 6.64. The number of carboxylic acid groups (broad SMARTS) is 1. The standard InChI is InChI=1S/C20H26O4/c1-12(2)14-6-7-20(18(23)24)9-8-19(3)15(17(14)20)5-4-13(11-21)10-16(19)22/h4-5,11-13,15H,6-10H2,1-3H3,(H,23,24)/t13?,15-,19-,20+/m0/s1. The first-order chi connectivity index (χ1) is 11.3. The lowest BCUT2D eigenvalue weighted by Gasteiger charge is -2.47. The van der Waals surface area contributed by atoms with Gasteiger partial charge in [-0.3, -0.25) is 9.59 Å². The maximum absolute atomic E-state index is 12.9. The van der Waals surface area contributed by atoms with Crippen molar-refractivity contribution in [1.29, 1.82) is 0 Å². The minimum absolute atomic E-state index is 0.0936. The monoisotopic (exact) mass is 330 g/mol. The zero-order valence-electron chi connectivity index (χ0n) is 14.7. The van der Waals surface area contributed by atoms with Gasteiger partial charge in [-0.2, -0.15) is 0 Å². The van der Waals surface area contributed by atoms with Gasteiger partial charge in [0, 0.05) is 23.7 Å². The van der Waals surface area contributed by atoms with Gasteiger partial charge in [0.25, 0.3) is 0 Å². The van der Waals surface area contributed by atoms with E-state index in [1.54, 1.807) is 0 Å². The molecule has 1 fully saturated rings. The molecule has 130 valence electrons. The van der Waals surface area contributed by atoms with Crippen molar-refractivity contribution in [1.82, 2.24) is 0 Å². The predicted octanol–water partition coefficient (Wildman–Crippen LogP) is 3.56. The van der Waals surface area contributed by atoms with Crippen molar-refractivity contribution in [2.24, 2.45) is 28.6 Å². The molecule has 0 radical (unpaired) electrons. The number of carbonyl (C=O) groups excluding carboxylic acids is 2. The first-order valence-electron chi connectivity index (χ1n) is 8.90. The van der Waals surface area contributed by atoms with Gasteiger partial charge in [0.2, 0.25) is 0 Å². The Hall–Kier alpha value is -1.71. The number of Topliss-reactive ketones (excluding diaryl/α,β-unsaturated/α-hetero) is 1. The summed E-state index contributed by atoms with van der Waals surface area (Å²) >= 11 is 0. The lowest BCUT2D eigenvalue weighted by atomic mass is 9.54. The van der Waals surface area contributed by atoms with Crippen molar-refractivity contribution in [3.63, 3.8) is 0 Å². The van der Waals surface area contributed by atoms with Crippen LogP contribution in [0.5, 0.6) is 0 Å². The second-order valence-corrected chi connectivity index (χ2v) is 8.19. The van der Waals surface area contributed by atoms with Crippen LogP contribution in [0.1, 0.15) is 52.9 Å². The number of hydrogen-bond acceptors (Lipinski definition) is 3. The molecular formula is C20H26O4. The van der Waals surface area contributed by atoms with Crippen molar-refractivity contribution < 1.29 is 19.5 Å². The number of rotatable bonds is 3. The quantitative estimate of drug-likeness (QED) is 0.634. The molecule has 0 spiro atoms. The molecule has 0 aliphatic heterocycles. The van der Waals surface area contributed by atoms with E-state index in [1.807, 2.05) is 19.1 Å². The summed E-state index contributed by atoms with van der Waals surface area (Å²) in [4.78, 5) is 36.3. The molecule has 1 N–H and O–H groups in total. The molecule has 0 aromatic rings. The highest BCUT2D eigenvalue weighted by Gasteiger charge is 2.59. The molecule has 0 aromatic heterocycles. The summed E-state index contributed by atoms with van der Waals surface area (Å²) in [6, 6.07) is 0. The number of carboxylic acids is 1. The van der Waals surface area contributed by atoms with Crippen LogP contribution >= 0.6 is 0 Å². The zero-order chi connectivity index (χ0) is 17.7. The molecular weight excluding hydrogens is 304 g/mol. The highest BCUT2D eigenvalue weighted by molar-refractivity contribution is 5.90. The number of hydrogen-bond donors (Lipinski definition) is 1. The third kappa shape index (κ3) is 2.22. The molecule has 0 heterocycles. The summed E-state index contributed by atoms with van der Waals surface area (Å²) in [5.41, 5.74) is 0.757. The fraction of sp³-hybridized carbons (Fsp3) is 0.650. The average molecular weight is 330 g/mol. The highest BCUT2D eigenvalue weighted by Crippen LogP contribution is 2.62. The molecule has 24 heavy (non-hydrogen) atoms. The molecule has 4 atom stereocenters. The van der Waals surface area contributed by atoms with Crippen molar-refractivity contribution in [3.8, 4) is 0 Å². The Morgan fingerprint density at radius 3 is 2.58 bits per heavy atom. The molecule has 3 rings (SSSR count). The SMILES string of the molecule is CC(C)C1=C2[C@@H]3C=CC(C=O)CC(=O)[C@@]3(C)CC[C@]2(C(=O)O)CC1. The van der Waals surface area contributed by atoms with E-state index < -0.39 is 16.8 Å². The predicted molar refractivity (Wildman–Crippen MR) is 90.3 cm³/mol. The molecule has 0 amide bonds. The van der Waals surface area contributed by atoms with Crippen LogP contribution in [0.4, 0.5) is 0 Å². The number of aliphatic carboxylic acids is 1. The van der Waals surface area contributed by atoms with Crippen molar-refractivity contribution >= 4 is 18.0 Å². The number of ketones is 1. The molecule has 3 aliphatic carbocycles. The summed E-state index contributed by atoms with van der Waals surface area (Å²) < 4.78 is 0. The first-order valence-corrected chi connectivity index (χ1v) is 8.90. The second-order valence-electron chi connectivity index (χ2n) is 8.19. The summed E-state index contributed by atoms with van der Waals surface area (Å²) in [6.45, 7) is 6.16. The van der Waals surface area contributed by atoms with E-state index in [0.29, 0.717) is 19.3 Å². The fourth-order valence-corrected chi connectivity index (χ4v) is 5.04. The van der Waals surface area contributed by atoms with E-state index in [0.717, 1.165) is 18.3 Å². The molecule has 4 nitrogen and oxygen atoms in total. The van der Waals surface area contributed by atoms with Gasteiger partial charge in [0.05, 0.1) is 5.41 Å². The van der Waals surface area contributed by atoms with Crippen LogP contribution in [0.25, 0.3) is 0 Å². The van der Waals surface area contributed by atoms with Crippen molar-refractivity contribution in [2.45, 2.75) is 52.9 Å². The average Bonchev–Trinajstić information content (AvgIpc) is 2.88. The fourth-order valence-electron chi connectivity index (χ4n) is 5.04. The van der Waals surface area contributed by atoms with Crippen molar-refractivity contribution in [3.05, 3.63) is 23.3 Å². The van der Waals surface area contributed by atoms with E-state index in [2.05, 4.69) is 13.8 Å². The first kappa shape index (κ1) is 17.1. The molecule has 0 saturated heterocycles. The summed E-state index contributed by atoms with van der Waals surface area (Å²) in [7, 11) is 0. The lowest BCUT2D eigenvalue weighted by molar-refractivity contribution is -0.151. The van der Waals surface area contributed by atoms with E-state index in [4.69, 9.17) is 0 Å². The maximum Gasteiger partial charge on any atom is 0.313 e. The number of allylic oxidation sites excluding steroid dienone is 3. The highest BCUT2D eigenvalue weighted by atomic mass is 16.4. The number of carbonyl (C=O) groups is 3. The molecule has 4 heteroatoms. The Morgan fingerprint density at radius 2 is 2.00 bits per heavy atom. The Labute approximate surface area is 143 Å². The van der Waals surface area contributed by atoms with Gasteiger partial charge < -0.3 is 9.90 Å². The normalized spacial score (nSPS) is 38.8. The Kier molecular flexibility index (Phi) is 4.05. The van der Waals surface area contributed by atoms with Gasteiger partial charge in [-0.1, -0.05) is 38.5 Å². The van der Waals surface area contributed by atoms with Crippen LogP contribution in [0.2, 0.25) is 0 Å². The lowest BCUT2D eigenvalue weighted by Crippen LogP contribution is -2.47. The number of fused-ring (bicyclic) bond motifs is 3. The molecule has 1 unspecified atom stereocenters. The van der Waals surface area contributed by atoms with Gasteiger partial charge >= 0.3 is 5.97 Å². The maximum atomic E-state index is 12.9. The van der Waals surface area contributed by atoms with Crippen LogP contribution < -0.4 is 0 Å². The molecule has 0 aromatic carbocycles. The topological polar surface area (TPSA) is 71.4 Å². The van der Waals surface area contributed by atoms with Crippen LogP contribution in [-0.2, 0) is 14.4 Å². The van der Waals surface area contributed by atoms with Gasteiger partial charge in [-0.05, 0) is 37.2 Å². The Balaban J connectivity index is 2.20. The van der Waals surface area contributed by atoms with E-state index >= 15 is 0 Å². The molecule has 3 aliphatic rings. The van der Waals surface area contributed by atoms with Crippen molar-refractivity contribution in [2.75, 3.05) is 0 Å². The summed E-state index contributed by atoms with van der Waals surface area (Å²) in [6.07, 6.45) is 7.37. The second kappa shape index (κ2) is 5.68. The van der Waals surface area contributed by atoms with Gasteiger partial charge in [-0.15, -0.1) is 0 Å². The largest absolute Gasteiger partial charge is 0.481 e. The third-order valence-electron chi connectivity index (χ3n) is 6.64. The minimum atomic E-state index is -0.824.